The summed E-state index contributed by atoms with van der Waals surface area (Å²) in [6.07, 6.45) is -1.13. The lowest BCUT2D eigenvalue weighted by atomic mass is 10.1. The minimum Gasteiger partial charge on any atom is -0.361 e. The van der Waals surface area contributed by atoms with Gasteiger partial charge in [0.2, 0.25) is 0 Å². The summed E-state index contributed by atoms with van der Waals surface area (Å²) in [5, 5.41) is 8.34. The second-order valence-electron chi connectivity index (χ2n) is 9.83. The monoisotopic (exact) mass is 586 g/mol. The number of rotatable bonds is 6. The molecular formula is C25H21F3N8O4S. The van der Waals surface area contributed by atoms with E-state index in [4.69, 9.17) is 4.52 Å². The van der Waals surface area contributed by atoms with Gasteiger partial charge in [0.1, 0.15) is 27.8 Å². The fourth-order valence-corrected chi connectivity index (χ4v) is 5.45. The van der Waals surface area contributed by atoms with Crippen molar-refractivity contribution in [2.24, 2.45) is 7.05 Å². The lowest BCUT2D eigenvalue weighted by Crippen LogP contribution is -2.41. The molecule has 1 aliphatic rings. The Balaban J connectivity index is 1.32. The van der Waals surface area contributed by atoms with Crippen LogP contribution in [0, 0.1) is 13.8 Å². The van der Waals surface area contributed by atoms with Gasteiger partial charge in [-0.15, -0.1) is 11.3 Å². The molecule has 0 saturated heterocycles. The van der Waals surface area contributed by atoms with Gasteiger partial charge in [-0.25, -0.2) is 14.8 Å². The number of nitrogens with one attached hydrogen (secondary N) is 1. The molecule has 5 heterocycles. The van der Waals surface area contributed by atoms with E-state index in [1.54, 1.807) is 13.0 Å². The Bertz CT molecular complexity index is 1960. The Morgan fingerprint density at radius 3 is 2.61 bits per heavy atom. The van der Waals surface area contributed by atoms with Gasteiger partial charge in [-0.2, -0.15) is 13.2 Å². The van der Waals surface area contributed by atoms with Gasteiger partial charge in [-0.1, -0.05) is 5.16 Å². The Morgan fingerprint density at radius 2 is 1.95 bits per heavy atom. The quantitative estimate of drug-likeness (QED) is 0.320. The first-order valence-corrected chi connectivity index (χ1v) is 13.2. The van der Waals surface area contributed by atoms with E-state index < -0.39 is 34.4 Å². The highest BCUT2D eigenvalue weighted by Crippen LogP contribution is 2.46. The van der Waals surface area contributed by atoms with Crippen molar-refractivity contribution in [3.05, 3.63) is 73.6 Å². The van der Waals surface area contributed by atoms with Gasteiger partial charge in [-0.05, 0) is 32.8 Å². The van der Waals surface area contributed by atoms with Gasteiger partial charge in [0.15, 0.2) is 11.2 Å². The minimum atomic E-state index is -4.57. The highest BCUT2D eigenvalue weighted by molar-refractivity contribution is 7.13. The SMILES string of the molecule is Cc1cc(Cn2c(=O)c3c(ncn3C3(C(=O)Nc4csc(-c5cnc(C)c(C(F)(F)F)c5)n4)CC3)n(C)c2=O)no1. The summed E-state index contributed by atoms with van der Waals surface area (Å²) in [5.41, 5.74) is -2.66. The molecule has 1 aliphatic carbocycles. The van der Waals surface area contributed by atoms with Crippen LogP contribution in [-0.4, -0.2) is 39.7 Å². The standard InChI is InChI=1S/C25H21F3N8O4S/c1-12-6-15(33-40-12)9-35-21(37)18-19(34(3)23(35)39)30-11-36(18)24(4-5-24)22(38)32-17-10-41-20(31-17)14-7-16(25(26,27)28)13(2)29-8-14/h6-8,10-11H,4-5,9H2,1-3H3,(H,32,38). The third-order valence-electron chi connectivity index (χ3n) is 7.02. The molecule has 12 nitrogen and oxygen atoms in total. The number of anilines is 1. The smallest absolute Gasteiger partial charge is 0.361 e. The van der Waals surface area contributed by atoms with Crippen LogP contribution < -0.4 is 16.6 Å². The number of alkyl halides is 3. The zero-order chi connectivity index (χ0) is 29.3. The molecule has 5 aromatic rings. The number of aromatic nitrogens is 7. The average Bonchev–Trinajstić information content (AvgIpc) is 3.22. The second kappa shape index (κ2) is 9.22. The van der Waals surface area contributed by atoms with E-state index >= 15 is 0 Å². The summed E-state index contributed by atoms with van der Waals surface area (Å²) >= 11 is 1.05. The molecule has 6 rings (SSSR count). The molecule has 1 N–H and O–H groups in total. The lowest BCUT2D eigenvalue weighted by molar-refractivity contribution is -0.138. The zero-order valence-corrected chi connectivity index (χ0v) is 22.6. The van der Waals surface area contributed by atoms with Crippen molar-refractivity contribution in [3.8, 4) is 10.6 Å². The van der Waals surface area contributed by atoms with E-state index in [0.717, 1.165) is 22.0 Å². The first-order valence-electron chi connectivity index (χ1n) is 12.3. The molecule has 0 bridgehead atoms. The van der Waals surface area contributed by atoms with Crippen molar-refractivity contribution in [3.63, 3.8) is 0 Å². The predicted octanol–water partition coefficient (Wildman–Crippen LogP) is 3.21. The van der Waals surface area contributed by atoms with Gasteiger partial charge in [-0.3, -0.25) is 23.7 Å². The van der Waals surface area contributed by atoms with Crippen LogP contribution in [0.25, 0.3) is 21.7 Å². The van der Waals surface area contributed by atoms with Crippen molar-refractivity contribution in [1.82, 2.24) is 33.8 Å². The molecule has 1 fully saturated rings. The molecule has 0 atom stereocenters. The van der Waals surface area contributed by atoms with E-state index in [1.807, 2.05) is 0 Å². The number of hydrogen-bond acceptors (Lipinski definition) is 9. The van der Waals surface area contributed by atoms with Crippen LogP contribution in [0.1, 0.15) is 35.6 Å². The number of aryl methyl sites for hydroxylation is 3. The van der Waals surface area contributed by atoms with Crippen LogP contribution in [-0.2, 0) is 30.1 Å². The highest BCUT2D eigenvalue weighted by atomic mass is 32.1. The van der Waals surface area contributed by atoms with Gasteiger partial charge < -0.3 is 14.4 Å². The van der Waals surface area contributed by atoms with Crippen LogP contribution in [0.4, 0.5) is 19.0 Å². The maximum absolute atomic E-state index is 13.5. The molecule has 41 heavy (non-hydrogen) atoms. The highest BCUT2D eigenvalue weighted by Gasteiger charge is 2.53. The van der Waals surface area contributed by atoms with Gasteiger partial charge in [0, 0.05) is 35.9 Å². The number of amides is 1. The summed E-state index contributed by atoms with van der Waals surface area (Å²) in [6.45, 7) is 2.83. The van der Waals surface area contributed by atoms with E-state index in [1.165, 1.54) is 41.0 Å². The van der Waals surface area contributed by atoms with Gasteiger partial charge in [0.05, 0.1) is 18.4 Å². The number of pyridine rings is 1. The molecule has 1 amide bonds. The maximum atomic E-state index is 13.5. The predicted molar refractivity (Wildman–Crippen MR) is 140 cm³/mol. The van der Waals surface area contributed by atoms with Crippen molar-refractivity contribution in [2.45, 2.75) is 44.9 Å². The van der Waals surface area contributed by atoms with Crippen molar-refractivity contribution >= 4 is 34.2 Å². The van der Waals surface area contributed by atoms with Crippen LogP contribution >= 0.6 is 11.3 Å². The lowest BCUT2D eigenvalue weighted by Gasteiger charge is -2.17. The molecular weight excluding hydrogens is 565 g/mol. The Kier molecular flexibility index (Phi) is 5.99. The molecule has 0 unspecified atom stereocenters. The Hall–Kier alpha value is -4.60. The molecule has 212 valence electrons. The average molecular weight is 587 g/mol. The topological polar surface area (TPSA) is 143 Å². The summed E-state index contributed by atoms with van der Waals surface area (Å²) in [5.74, 6) is 0.193. The Morgan fingerprint density at radius 1 is 1.20 bits per heavy atom. The molecule has 5 aromatic heterocycles. The Labute approximate surface area is 232 Å². The molecule has 0 aliphatic heterocycles. The number of thiazole rings is 1. The van der Waals surface area contributed by atoms with Gasteiger partial charge in [0.25, 0.3) is 11.5 Å². The number of hydrogen-bond donors (Lipinski definition) is 1. The van der Waals surface area contributed by atoms with Crippen LogP contribution in [0.5, 0.6) is 0 Å². The summed E-state index contributed by atoms with van der Waals surface area (Å²) in [6, 6.07) is 2.59. The maximum Gasteiger partial charge on any atom is 0.418 e. The van der Waals surface area contributed by atoms with Crippen molar-refractivity contribution in [2.75, 3.05) is 5.32 Å². The normalized spacial score (nSPS) is 14.5. The molecule has 1 saturated carbocycles. The number of fused-ring (bicyclic) bond motifs is 1. The molecule has 0 spiro atoms. The fourth-order valence-electron chi connectivity index (χ4n) is 4.72. The summed E-state index contributed by atoms with van der Waals surface area (Å²) in [7, 11) is 1.48. The number of imidazole rings is 1. The summed E-state index contributed by atoms with van der Waals surface area (Å²) in [4.78, 5) is 52.4. The molecule has 16 heteroatoms. The minimum absolute atomic E-state index is 0.0735. The second-order valence-corrected chi connectivity index (χ2v) is 10.7. The first-order chi connectivity index (χ1) is 19.4. The van der Waals surface area contributed by atoms with Crippen molar-refractivity contribution < 1.29 is 22.5 Å². The molecule has 0 aromatic carbocycles. The van der Waals surface area contributed by atoms with Gasteiger partial charge >= 0.3 is 11.9 Å². The van der Waals surface area contributed by atoms with Crippen molar-refractivity contribution in [1.29, 1.82) is 0 Å². The van der Waals surface area contributed by atoms with E-state index in [-0.39, 0.29) is 39.8 Å². The summed E-state index contributed by atoms with van der Waals surface area (Å²) < 4.78 is 48.8. The number of carbonyl (C=O) groups excluding carboxylic acids is 1. The third-order valence-corrected chi connectivity index (χ3v) is 7.91. The number of halogens is 3. The zero-order valence-electron chi connectivity index (χ0n) is 21.8. The number of nitrogens with zero attached hydrogens (tertiary/aromatic N) is 7. The van der Waals surface area contributed by atoms with E-state index in [0.29, 0.717) is 24.3 Å². The fraction of sp³-hybridized carbons (Fsp3) is 0.320. The van der Waals surface area contributed by atoms with Crippen LogP contribution in [0.2, 0.25) is 0 Å². The van der Waals surface area contributed by atoms with E-state index in [9.17, 15) is 27.6 Å². The molecule has 0 radical (unpaired) electrons. The van der Waals surface area contributed by atoms with Crippen LogP contribution in [0.15, 0.2) is 44.1 Å². The number of carbonyl (C=O) groups is 1. The van der Waals surface area contributed by atoms with Crippen LogP contribution in [0.3, 0.4) is 0 Å². The van der Waals surface area contributed by atoms with E-state index in [2.05, 4.69) is 25.4 Å². The third kappa shape index (κ3) is 4.43. The largest absolute Gasteiger partial charge is 0.418 e. The first kappa shape index (κ1) is 26.6.